The van der Waals surface area contributed by atoms with Gasteiger partial charge in [-0.1, -0.05) is 6.07 Å². The maximum atomic E-state index is 12.5. The second-order valence-corrected chi connectivity index (χ2v) is 6.73. The SMILES string of the molecule is O=C(NCCCNc1ccccn1)N1CCC[C@@H]1[C@H]1COCC[C@@H]1O. The van der Waals surface area contributed by atoms with Gasteiger partial charge < -0.3 is 25.4 Å². The lowest BCUT2D eigenvalue weighted by molar-refractivity contribution is -0.0576. The molecule has 2 amide bonds. The molecule has 3 heterocycles. The molecule has 1 aromatic heterocycles. The zero-order chi connectivity index (χ0) is 17.5. The Balaban J connectivity index is 1.39. The molecule has 0 aliphatic carbocycles. The molecule has 2 fully saturated rings. The summed E-state index contributed by atoms with van der Waals surface area (Å²) in [6.07, 6.45) is 4.81. The summed E-state index contributed by atoms with van der Waals surface area (Å²) in [4.78, 5) is 18.6. The Morgan fingerprint density at radius 3 is 3.08 bits per heavy atom. The quantitative estimate of drug-likeness (QED) is 0.678. The number of aliphatic hydroxyl groups is 1. The van der Waals surface area contributed by atoms with Crippen molar-refractivity contribution in [2.24, 2.45) is 5.92 Å². The molecule has 7 heteroatoms. The van der Waals surface area contributed by atoms with E-state index in [9.17, 15) is 9.90 Å². The van der Waals surface area contributed by atoms with Gasteiger partial charge in [-0.15, -0.1) is 0 Å². The Hall–Kier alpha value is -1.86. The fraction of sp³-hybridized carbons (Fsp3) is 0.667. The van der Waals surface area contributed by atoms with Crippen LogP contribution in [0.3, 0.4) is 0 Å². The van der Waals surface area contributed by atoms with Crippen molar-refractivity contribution in [1.82, 2.24) is 15.2 Å². The second kappa shape index (κ2) is 9.01. The summed E-state index contributed by atoms with van der Waals surface area (Å²) in [7, 11) is 0. The van der Waals surface area contributed by atoms with Crippen molar-refractivity contribution >= 4 is 11.8 Å². The zero-order valence-corrected chi connectivity index (χ0v) is 14.6. The number of nitrogens with one attached hydrogen (secondary N) is 2. The number of carbonyl (C=O) groups excluding carboxylic acids is 1. The van der Waals surface area contributed by atoms with Crippen LogP contribution in [0.4, 0.5) is 10.6 Å². The number of pyridine rings is 1. The molecule has 0 aromatic carbocycles. The van der Waals surface area contributed by atoms with Gasteiger partial charge in [0, 0.05) is 44.4 Å². The highest BCUT2D eigenvalue weighted by molar-refractivity contribution is 5.74. The van der Waals surface area contributed by atoms with Crippen LogP contribution in [0.15, 0.2) is 24.4 Å². The number of ether oxygens (including phenoxy) is 1. The molecule has 1 aromatic rings. The largest absolute Gasteiger partial charge is 0.393 e. The third-order valence-corrected chi connectivity index (χ3v) is 5.02. The highest BCUT2D eigenvalue weighted by Gasteiger charge is 2.39. The van der Waals surface area contributed by atoms with Gasteiger partial charge in [-0.2, -0.15) is 0 Å². The number of aromatic nitrogens is 1. The van der Waals surface area contributed by atoms with E-state index in [2.05, 4.69) is 15.6 Å². The van der Waals surface area contributed by atoms with Gasteiger partial charge in [0.15, 0.2) is 0 Å². The minimum absolute atomic E-state index is 0.0295. The van der Waals surface area contributed by atoms with Crippen molar-refractivity contribution in [3.8, 4) is 0 Å². The van der Waals surface area contributed by atoms with Crippen LogP contribution in [-0.4, -0.2) is 66.0 Å². The smallest absolute Gasteiger partial charge is 0.317 e. The number of carbonyl (C=O) groups is 1. The van der Waals surface area contributed by atoms with Gasteiger partial charge in [-0.05, 0) is 37.8 Å². The number of hydrogen-bond donors (Lipinski definition) is 3. The van der Waals surface area contributed by atoms with Crippen LogP contribution in [-0.2, 0) is 4.74 Å². The standard InChI is InChI=1S/C18H28N4O3/c23-16-7-12-25-13-14(16)15-5-3-11-22(15)18(24)21-10-4-9-20-17-6-1-2-8-19-17/h1-2,6,8,14-16,23H,3-5,7,9-13H2,(H,19,20)(H,21,24)/t14-,15-,16+/m1/s1. The number of amides is 2. The Kier molecular flexibility index (Phi) is 6.47. The van der Waals surface area contributed by atoms with E-state index in [0.717, 1.165) is 38.2 Å². The van der Waals surface area contributed by atoms with Crippen LogP contribution in [0.2, 0.25) is 0 Å². The molecule has 138 valence electrons. The maximum Gasteiger partial charge on any atom is 0.317 e. The Morgan fingerprint density at radius 1 is 1.36 bits per heavy atom. The van der Waals surface area contributed by atoms with E-state index >= 15 is 0 Å². The number of urea groups is 1. The molecule has 2 aliphatic rings. The summed E-state index contributed by atoms with van der Waals surface area (Å²) in [6, 6.07) is 5.80. The molecule has 3 N–H and O–H groups in total. The molecule has 0 unspecified atom stereocenters. The molecule has 0 saturated carbocycles. The van der Waals surface area contributed by atoms with Crippen LogP contribution in [0, 0.1) is 5.92 Å². The van der Waals surface area contributed by atoms with Gasteiger partial charge in [0.25, 0.3) is 0 Å². The van der Waals surface area contributed by atoms with Crippen LogP contribution >= 0.6 is 0 Å². The van der Waals surface area contributed by atoms with E-state index in [1.807, 2.05) is 23.1 Å². The van der Waals surface area contributed by atoms with Crippen molar-refractivity contribution in [3.63, 3.8) is 0 Å². The van der Waals surface area contributed by atoms with Crippen LogP contribution in [0.5, 0.6) is 0 Å². The minimum Gasteiger partial charge on any atom is -0.393 e. The summed E-state index contributed by atoms with van der Waals surface area (Å²) >= 11 is 0. The molecule has 2 saturated heterocycles. The summed E-state index contributed by atoms with van der Waals surface area (Å²) < 4.78 is 5.52. The molecule has 0 bridgehead atoms. The zero-order valence-electron chi connectivity index (χ0n) is 14.6. The van der Waals surface area contributed by atoms with Gasteiger partial charge >= 0.3 is 6.03 Å². The number of likely N-dealkylation sites (tertiary alicyclic amines) is 1. The number of aliphatic hydroxyl groups excluding tert-OH is 1. The first kappa shape index (κ1) is 17.9. The summed E-state index contributed by atoms with van der Waals surface area (Å²) in [5, 5.41) is 16.5. The summed E-state index contributed by atoms with van der Waals surface area (Å²) in [6.45, 7) is 3.29. The van der Waals surface area contributed by atoms with E-state index in [1.54, 1.807) is 6.20 Å². The third kappa shape index (κ3) is 4.83. The van der Waals surface area contributed by atoms with Crippen molar-refractivity contribution in [2.75, 3.05) is 38.2 Å². The fourth-order valence-corrected chi connectivity index (χ4v) is 3.67. The topological polar surface area (TPSA) is 86.7 Å². The van der Waals surface area contributed by atoms with E-state index in [1.165, 1.54) is 0 Å². The monoisotopic (exact) mass is 348 g/mol. The van der Waals surface area contributed by atoms with Gasteiger partial charge in [0.2, 0.25) is 0 Å². The third-order valence-electron chi connectivity index (χ3n) is 5.02. The van der Waals surface area contributed by atoms with Crippen molar-refractivity contribution in [3.05, 3.63) is 24.4 Å². The Bertz CT molecular complexity index is 542. The fourth-order valence-electron chi connectivity index (χ4n) is 3.67. The van der Waals surface area contributed by atoms with Crippen molar-refractivity contribution < 1.29 is 14.6 Å². The van der Waals surface area contributed by atoms with Gasteiger partial charge in [0.1, 0.15) is 5.82 Å². The molecular formula is C18H28N4O3. The molecule has 25 heavy (non-hydrogen) atoms. The van der Waals surface area contributed by atoms with Crippen LogP contribution < -0.4 is 10.6 Å². The minimum atomic E-state index is -0.366. The predicted molar refractivity (Wildman–Crippen MR) is 95.4 cm³/mol. The predicted octanol–water partition coefficient (Wildman–Crippen LogP) is 1.45. The van der Waals surface area contributed by atoms with E-state index < -0.39 is 0 Å². The molecule has 0 spiro atoms. The average molecular weight is 348 g/mol. The van der Waals surface area contributed by atoms with Crippen molar-refractivity contribution in [1.29, 1.82) is 0 Å². The molecular weight excluding hydrogens is 320 g/mol. The van der Waals surface area contributed by atoms with Gasteiger partial charge in [0.05, 0.1) is 12.7 Å². The van der Waals surface area contributed by atoms with E-state index in [4.69, 9.17) is 4.74 Å². The number of rotatable bonds is 6. The van der Waals surface area contributed by atoms with Crippen LogP contribution in [0.1, 0.15) is 25.7 Å². The average Bonchev–Trinajstić information content (AvgIpc) is 3.12. The lowest BCUT2D eigenvalue weighted by atomic mass is 9.89. The summed E-state index contributed by atoms with van der Waals surface area (Å²) in [5.41, 5.74) is 0. The van der Waals surface area contributed by atoms with Crippen molar-refractivity contribution in [2.45, 2.75) is 37.8 Å². The molecule has 2 aliphatic heterocycles. The number of anilines is 1. The van der Waals surface area contributed by atoms with Crippen LogP contribution in [0.25, 0.3) is 0 Å². The lowest BCUT2D eigenvalue weighted by Crippen LogP contribution is -2.51. The van der Waals surface area contributed by atoms with Gasteiger partial charge in [-0.25, -0.2) is 9.78 Å². The Labute approximate surface area is 148 Å². The first-order valence-electron chi connectivity index (χ1n) is 9.21. The molecule has 7 nitrogen and oxygen atoms in total. The lowest BCUT2D eigenvalue weighted by Gasteiger charge is -2.36. The van der Waals surface area contributed by atoms with E-state index in [-0.39, 0.29) is 24.1 Å². The van der Waals surface area contributed by atoms with E-state index in [0.29, 0.717) is 26.2 Å². The number of nitrogens with zero attached hydrogens (tertiary/aromatic N) is 2. The maximum absolute atomic E-state index is 12.5. The Morgan fingerprint density at radius 2 is 2.28 bits per heavy atom. The molecule has 3 atom stereocenters. The van der Waals surface area contributed by atoms with Gasteiger partial charge in [-0.3, -0.25) is 0 Å². The first-order chi connectivity index (χ1) is 12.3. The molecule has 3 rings (SSSR count). The normalized spacial score (nSPS) is 26.4. The molecule has 0 radical (unpaired) electrons. The second-order valence-electron chi connectivity index (χ2n) is 6.73. The number of hydrogen-bond acceptors (Lipinski definition) is 5. The summed E-state index contributed by atoms with van der Waals surface area (Å²) in [5.74, 6) is 0.882. The highest BCUT2D eigenvalue weighted by Crippen LogP contribution is 2.29. The first-order valence-corrected chi connectivity index (χ1v) is 9.21. The highest BCUT2D eigenvalue weighted by atomic mass is 16.5.